The zero-order valence-electron chi connectivity index (χ0n) is 14.1. The van der Waals surface area contributed by atoms with Crippen LogP contribution in [0.4, 0.5) is 5.69 Å². The molecule has 1 aromatic heterocycles. The van der Waals surface area contributed by atoms with Gasteiger partial charge >= 0.3 is 10.2 Å². The van der Waals surface area contributed by atoms with Gasteiger partial charge in [0.25, 0.3) is 0 Å². The maximum absolute atomic E-state index is 12.1. The summed E-state index contributed by atoms with van der Waals surface area (Å²) in [4.78, 5) is 15.2. The highest BCUT2D eigenvalue weighted by Gasteiger charge is 2.36. The molecule has 1 aliphatic rings. The van der Waals surface area contributed by atoms with Gasteiger partial charge < -0.3 is 14.6 Å². The number of nitrogens with zero attached hydrogens (tertiary/aromatic N) is 2. The van der Waals surface area contributed by atoms with Crippen molar-refractivity contribution in [2.75, 3.05) is 18.0 Å². The van der Waals surface area contributed by atoms with Crippen LogP contribution in [0.2, 0.25) is 0 Å². The zero-order chi connectivity index (χ0) is 18.7. The van der Waals surface area contributed by atoms with Crippen molar-refractivity contribution in [3.63, 3.8) is 0 Å². The topological polar surface area (TPSA) is 109 Å². The molecule has 1 unspecified atom stereocenters. The van der Waals surface area contributed by atoms with Crippen LogP contribution in [-0.2, 0) is 27.8 Å². The number of rotatable bonds is 6. The Kier molecular flexibility index (Phi) is 5.10. The number of hydrogen-bond donors (Lipinski definition) is 2. The highest BCUT2D eigenvalue weighted by Crippen LogP contribution is 2.32. The molecule has 1 saturated heterocycles. The molecule has 1 aromatic carbocycles. The van der Waals surface area contributed by atoms with E-state index in [0.29, 0.717) is 25.0 Å². The predicted octanol–water partition coefficient (Wildman–Crippen LogP) is 0.803. The summed E-state index contributed by atoms with van der Waals surface area (Å²) in [5, 5.41) is 10.3. The van der Waals surface area contributed by atoms with Crippen molar-refractivity contribution in [1.29, 1.82) is 0 Å². The Labute approximate surface area is 151 Å². The standard InChI is InChI=1S/C17H19N3O5S/c1-25-17-4-2-3-13(18-17)7-5-12-6-8-15(16(22)9-12)20-10-14(11-21)19-26(20,23)24/h2-4,6,8-9,11,14,19,22H,5,7,10H2,1H3. The molecule has 26 heavy (non-hydrogen) atoms. The first-order chi connectivity index (χ1) is 12.4. The molecule has 0 aliphatic carbocycles. The predicted molar refractivity (Wildman–Crippen MR) is 95.6 cm³/mol. The minimum atomic E-state index is -3.83. The molecule has 1 aliphatic heterocycles. The van der Waals surface area contributed by atoms with Crippen LogP contribution in [0.1, 0.15) is 11.3 Å². The summed E-state index contributed by atoms with van der Waals surface area (Å²) in [6, 6.07) is 9.50. The quantitative estimate of drug-likeness (QED) is 0.721. The van der Waals surface area contributed by atoms with Crippen LogP contribution in [-0.4, -0.2) is 44.5 Å². The molecule has 0 saturated carbocycles. The molecule has 1 atom stereocenters. The van der Waals surface area contributed by atoms with Gasteiger partial charge in [-0.3, -0.25) is 4.31 Å². The fourth-order valence-electron chi connectivity index (χ4n) is 2.79. The number of pyridine rings is 1. The number of aromatic hydroxyl groups is 1. The molecule has 0 bridgehead atoms. The van der Waals surface area contributed by atoms with Crippen LogP contribution in [0, 0.1) is 0 Å². The Morgan fingerprint density at radius 1 is 1.35 bits per heavy atom. The van der Waals surface area contributed by atoms with E-state index in [-0.39, 0.29) is 18.0 Å². The smallest absolute Gasteiger partial charge is 0.302 e. The van der Waals surface area contributed by atoms with E-state index in [1.165, 1.54) is 12.1 Å². The lowest BCUT2D eigenvalue weighted by Gasteiger charge is -2.17. The summed E-state index contributed by atoms with van der Waals surface area (Å²) in [6.07, 6.45) is 1.80. The van der Waals surface area contributed by atoms with Crippen molar-refractivity contribution < 1.29 is 23.1 Å². The number of phenols is 1. The van der Waals surface area contributed by atoms with Gasteiger partial charge in [-0.15, -0.1) is 0 Å². The molecule has 9 heteroatoms. The first-order valence-electron chi connectivity index (χ1n) is 8.00. The molecule has 138 valence electrons. The van der Waals surface area contributed by atoms with E-state index in [0.717, 1.165) is 15.6 Å². The maximum atomic E-state index is 12.1. The molecule has 3 rings (SSSR count). The Bertz CT molecular complexity index is 916. The van der Waals surface area contributed by atoms with E-state index in [4.69, 9.17) is 4.74 Å². The number of aryl methyl sites for hydroxylation is 2. The summed E-state index contributed by atoms with van der Waals surface area (Å²) in [5.41, 5.74) is 1.84. The SMILES string of the molecule is COc1cccc(CCc2ccc(N3CC(C=O)NS3(=O)=O)c(O)c2)n1. The number of nitrogens with one attached hydrogen (secondary N) is 1. The van der Waals surface area contributed by atoms with Gasteiger partial charge in [-0.25, -0.2) is 4.98 Å². The second kappa shape index (κ2) is 7.30. The van der Waals surface area contributed by atoms with Gasteiger partial charge in [-0.05, 0) is 36.6 Å². The third kappa shape index (κ3) is 3.78. The second-order valence-corrected chi connectivity index (χ2v) is 7.52. The number of aromatic nitrogens is 1. The van der Waals surface area contributed by atoms with E-state index in [2.05, 4.69) is 9.71 Å². The number of benzene rings is 1. The number of methoxy groups -OCH3 is 1. The summed E-state index contributed by atoms with van der Waals surface area (Å²) in [7, 11) is -2.28. The Morgan fingerprint density at radius 2 is 2.15 bits per heavy atom. The first kappa shape index (κ1) is 18.2. The van der Waals surface area contributed by atoms with E-state index < -0.39 is 16.3 Å². The van der Waals surface area contributed by atoms with E-state index in [1.807, 2.05) is 12.1 Å². The molecule has 2 N–H and O–H groups in total. The Morgan fingerprint density at radius 3 is 2.81 bits per heavy atom. The third-order valence-corrected chi connectivity index (χ3v) is 5.61. The number of carbonyl (C=O) groups is 1. The van der Waals surface area contributed by atoms with Gasteiger partial charge in [0.2, 0.25) is 5.88 Å². The van der Waals surface area contributed by atoms with Crippen LogP contribution in [0.3, 0.4) is 0 Å². The number of ether oxygens (including phenoxy) is 1. The molecular weight excluding hydrogens is 358 g/mol. The van der Waals surface area contributed by atoms with Crippen molar-refractivity contribution in [3.05, 3.63) is 47.7 Å². The van der Waals surface area contributed by atoms with Gasteiger partial charge in [0.15, 0.2) is 0 Å². The lowest BCUT2D eigenvalue weighted by molar-refractivity contribution is -0.108. The fourth-order valence-corrected chi connectivity index (χ4v) is 4.20. The minimum absolute atomic E-state index is 0.0491. The Hall–Kier alpha value is -2.65. The molecule has 2 aromatic rings. The van der Waals surface area contributed by atoms with Crippen molar-refractivity contribution >= 4 is 22.2 Å². The Balaban J connectivity index is 1.74. The van der Waals surface area contributed by atoms with Gasteiger partial charge in [0, 0.05) is 11.8 Å². The van der Waals surface area contributed by atoms with E-state index >= 15 is 0 Å². The van der Waals surface area contributed by atoms with Crippen molar-refractivity contribution in [2.24, 2.45) is 0 Å². The zero-order valence-corrected chi connectivity index (χ0v) is 14.9. The summed E-state index contributed by atoms with van der Waals surface area (Å²) in [6.45, 7) is -0.0491. The maximum Gasteiger partial charge on any atom is 0.302 e. The fraction of sp³-hybridized carbons (Fsp3) is 0.294. The molecule has 1 fully saturated rings. The van der Waals surface area contributed by atoms with Crippen molar-refractivity contribution in [3.8, 4) is 11.6 Å². The number of phenolic OH excluding ortho intramolecular Hbond substituents is 1. The van der Waals surface area contributed by atoms with Gasteiger partial charge in [0.05, 0.1) is 25.4 Å². The largest absolute Gasteiger partial charge is 0.506 e. The van der Waals surface area contributed by atoms with Crippen LogP contribution in [0.15, 0.2) is 36.4 Å². The first-order valence-corrected chi connectivity index (χ1v) is 9.44. The van der Waals surface area contributed by atoms with Crippen LogP contribution >= 0.6 is 0 Å². The van der Waals surface area contributed by atoms with Crippen LogP contribution in [0.25, 0.3) is 0 Å². The monoisotopic (exact) mass is 377 g/mol. The molecule has 0 radical (unpaired) electrons. The minimum Gasteiger partial charge on any atom is -0.506 e. The van der Waals surface area contributed by atoms with Crippen LogP contribution < -0.4 is 13.8 Å². The average Bonchev–Trinajstić information content (AvgIpc) is 2.94. The molecule has 0 amide bonds. The summed E-state index contributed by atoms with van der Waals surface area (Å²) >= 11 is 0. The normalized spacial score (nSPS) is 18.7. The number of hydrogen-bond acceptors (Lipinski definition) is 6. The van der Waals surface area contributed by atoms with Crippen molar-refractivity contribution in [2.45, 2.75) is 18.9 Å². The highest BCUT2D eigenvalue weighted by molar-refractivity contribution is 7.91. The van der Waals surface area contributed by atoms with Gasteiger partial charge in [-0.1, -0.05) is 12.1 Å². The third-order valence-electron chi connectivity index (χ3n) is 4.09. The van der Waals surface area contributed by atoms with Crippen molar-refractivity contribution in [1.82, 2.24) is 9.71 Å². The van der Waals surface area contributed by atoms with E-state index in [1.54, 1.807) is 19.2 Å². The number of anilines is 1. The highest BCUT2D eigenvalue weighted by atomic mass is 32.2. The lowest BCUT2D eigenvalue weighted by atomic mass is 10.1. The lowest BCUT2D eigenvalue weighted by Crippen LogP contribution is -2.30. The summed E-state index contributed by atoms with van der Waals surface area (Å²) < 4.78 is 32.4. The molecule has 8 nitrogen and oxygen atoms in total. The van der Waals surface area contributed by atoms with Gasteiger partial charge in [0.1, 0.15) is 12.0 Å². The van der Waals surface area contributed by atoms with Gasteiger partial charge in [-0.2, -0.15) is 13.1 Å². The second-order valence-electron chi connectivity index (χ2n) is 5.89. The van der Waals surface area contributed by atoms with E-state index in [9.17, 15) is 18.3 Å². The number of carbonyl (C=O) groups excluding carboxylic acids is 1. The summed E-state index contributed by atoms with van der Waals surface area (Å²) in [5.74, 6) is 0.384. The average molecular weight is 377 g/mol. The van der Waals surface area contributed by atoms with Crippen LogP contribution in [0.5, 0.6) is 11.6 Å². The molecule has 0 spiro atoms. The molecule has 2 heterocycles. The number of aldehydes is 1. The molecular formula is C17H19N3O5S.